The van der Waals surface area contributed by atoms with Gasteiger partial charge in [-0.2, -0.15) is 0 Å². The van der Waals surface area contributed by atoms with E-state index in [1.54, 1.807) is 24.3 Å². The van der Waals surface area contributed by atoms with E-state index in [4.69, 9.17) is 0 Å². The van der Waals surface area contributed by atoms with E-state index in [9.17, 15) is 13.2 Å². The van der Waals surface area contributed by atoms with Crippen molar-refractivity contribution in [1.82, 2.24) is 5.32 Å². The fourth-order valence-corrected chi connectivity index (χ4v) is 4.34. The van der Waals surface area contributed by atoms with Crippen molar-refractivity contribution in [3.63, 3.8) is 0 Å². The van der Waals surface area contributed by atoms with Crippen LogP contribution in [0.25, 0.3) is 0 Å². The van der Waals surface area contributed by atoms with Crippen LogP contribution in [0.4, 0.5) is 5.69 Å². The van der Waals surface area contributed by atoms with Crippen molar-refractivity contribution in [3.05, 3.63) is 95.6 Å². The Labute approximate surface area is 178 Å². The van der Waals surface area contributed by atoms with Gasteiger partial charge in [-0.1, -0.05) is 61.0 Å². The first-order valence-corrected chi connectivity index (χ1v) is 11.2. The first-order valence-electron chi connectivity index (χ1n) is 9.78. The first kappa shape index (κ1) is 21.6. The average Bonchev–Trinajstić information content (AvgIpc) is 2.78. The molecule has 1 amide bonds. The quantitative estimate of drug-likeness (QED) is 0.615. The topological polar surface area (TPSA) is 66.5 Å². The predicted molar refractivity (Wildman–Crippen MR) is 120 cm³/mol. The third-order valence-electron chi connectivity index (χ3n) is 5.09. The van der Waals surface area contributed by atoms with Crippen molar-refractivity contribution in [2.45, 2.75) is 24.7 Å². The number of benzene rings is 3. The van der Waals surface area contributed by atoms with Gasteiger partial charge in [0.15, 0.2) is 0 Å². The van der Waals surface area contributed by atoms with Crippen LogP contribution in [0, 0.1) is 6.92 Å². The Balaban J connectivity index is 1.74. The summed E-state index contributed by atoms with van der Waals surface area (Å²) < 4.78 is 27.3. The Bertz CT molecular complexity index is 1110. The van der Waals surface area contributed by atoms with E-state index in [2.05, 4.69) is 5.32 Å². The monoisotopic (exact) mass is 422 g/mol. The molecule has 0 radical (unpaired) electrons. The summed E-state index contributed by atoms with van der Waals surface area (Å²) in [6, 6.07) is 23.3. The van der Waals surface area contributed by atoms with Gasteiger partial charge in [0, 0.05) is 19.2 Å². The number of carbonyl (C=O) groups excluding carboxylic acids is 1. The second-order valence-electron chi connectivity index (χ2n) is 7.36. The van der Waals surface area contributed by atoms with E-state index in [1.165, 1.54) is 23.5 Å². The molecular formula is C24H26N2O3S. The minimum Gasteiger partial charge on any atom is -0.351 e. The molecule has 0 saturated carbocycles. The molecule has 0 fully saturated rings. The van der Waals surface area contributed by atoms with Crippen LogP contribution in [0.2, 0.25) is 0 Å². The van der Waals surface area contributed by atoms with Gasteiger partial charge in [-0.3, -0.25) is 9.10 Å². The minimum atomic E-state index is -3.78. The van der Waals surface area contributed by atoms with Crippen LogP contribution in [-0.4, -0.2) is 27.9 Å². The van der Waals surface area contributed by atoms with Crippen molar-refractivity contribution in [2.75, 3.05) is 17.9 Å². The maximum absolute atomic E-state index is 13.0. The molecular weight excluding hydrogens is 396 g/mol. The van der Waals surface area contributed by atoms with Gasteiger partial charge in [-0.25, -0.2) is 8.42 Å². The Morgan fingerprint density at radius 2 is 1.63 bits per heavy atom. The molecule has 0 saturated heterocycles. The largest absolute Gasteiger partial charge is 0.351 e. The molecule has 0 aliphatic rings. The lowest BCUT2D eigenvalue weighted by Crippen LogP contribution is -2.29. The Hall–Kier alpha value is -3.12. The Kier molecular flexibility index (Phi) is 6.57. The molecule has 0 bridgehead atoms. The van der Waals surface area contributed by atoms with Gasteiger partial charge in [-0.15, -0.1) is 0 Å². The van der Waals surface area contributed by atoms with Crippen LogP contribution >= 0.6 is 0 Å². The molecule has 0 heterocycles. The standard InChI is InChI=1S/C24H26N2O3S/c1-18-12-14-22(15-13-18)26(3)30(28,29)23-11-7-10-21(16-23)24(27)25-17-19(2)20-8-5-4-6-9-20/h4-16,19H,17H2,1-3H3,(H,25,27)/t19-/m0/s1. The molecule has 5 nitrogen and oxygen atoms in total. The summed E-state index contributed by atoms with van der Waals surface area (Å²) in [5, 5.41) is 2.90. The fourth-order valence-electron chi connectivity index (χ4n) is 3.10. The van der Waals surface area contributed by atoms with Gasteiger partial charge in [0.1, 0.15) is 0 Å². The number of sulfonamides is 1. The van der Waals surface area contributed by atoms with Crippen LogP contribution in [0.5, 0.6) is 0 Å². The van der Waals surface area contributed by atoms with Crippen molar-refractivity contribution in [1.29, 1.82) is 0 Å². The number of nitrogens with zero attached hydrogens (tertiary/aromatic N) is 1. The average molecular weight is 423 g/mol. The molecule has 3 aromatic rings. The zero-order valence-corrected chi connectivity index (χ0v) is 18.2. The number of rotatable bonds is 7. The number of carbonyl (C=O) groups is 1. The highest BCUT2D eigenvalue weighted by Gasteiger charge is 2.22. The number of amides is 1. The van der Waals surface area contributed by atoms with Gasteiger partial charge >= 0.3 is 0 Å². The molecule has 1 atom stereocenters. The van der Waals surface area contributed by atoms with Crippen molar-refractivity contribution >= 4 is 21.6 Å². The third kappa shape index (κ3) is 4.89. The number of anilines is 1. The number of hydrogen-bond acceptors (Lipinski definition) is 3. The lowest BCUT2D eigenvalue weighted by Gasteiger charge is -2.20. The highest BCUT2D eigenvalue weighted by atomic mass is 32.2. The summed E-state index contributed by atoms with van der Waals surface area (Å²) in [6.07, 6.45) is 0. The zero-order chi connectivity index (χ0) is 21.7. The fraction of sp³-hybridized carbons (Fsp3) is 0.208. The van der Waals surface area contributed by atoms with Gasteiger partial charge < -0.3 is 5.32 Å². The first-order chi connectivity index (χ1) is 14.3. The summed E-state index contributed by atoms with van der Waals surface area (Å²) >= 11 is 0. The van der Waals surface area contributed by atoms with E-state index in [0.29, 0.717) is 17.8 Å². The Morgan fingerprint density at radius 1 is 0.967 bits per heavy atom. The Morgan fingerprint density at radius 3 is 2.30 bits per heavy atom. The molecule has 156 valence electrons. The molecule has 3 aromatic carbocycles. The normalized spacial score (nSPS) is 12.2. The van der Waals surface area contributed by atoms with E-state index in [1.807, 2.05) is 56.3 Å². The maximum Gasteiger partial charge on any atom is 0.264 e. The molecule has 6 heteroatoms. The third-order valence-corrected chi connectivity index (χ3v) is 6.87. The van der Waals surface area contributed by atoms with Crippen molar-refractivity contribution in [3.8, 4) is 0 Å². The van der Waals surface area contributed by atoms with Crippen molar-refractivity contribution < 1.29 is 13.2 Å². The molecule has 0 unspecified atom stereocenters. The number of hydrogen-bond donors (Lipinski definition) is 1. The predicted octanol–water partition coefficient (Wildman–Crippen LogP) is 4.35. The minimum absolute atomic E-state index is 0.0781. The summed E-state index contributed by atoms with van der Waals surface area (Å²) in [5.74, 6) is -0.150. The molecule has 0 aliphatic carbocycles. The van der Waals surface area contributed by atoms with Crippen molar-refractivity contribution in [2.24, 2.45) is 0 Å². The van der Waals surface area contributed by atoms with Gasteiger partial charge in [-0.05, 0) is 48.7 Å². The van der Waals surface area contributed by atoms with Crippen LogP contribution in [-0.2, 0) is 10.0 Å². The van der Waals surface area contributed by atoms with Crippen LogP contribution < -0.4 is 9.62 Å². The van der Waals surface area contributed by atoms with Gasteiger partial charge in [0.2, 0.25) is 0 Å². The van der Waals surface area contributed by atoms with E-state index in [-0.39, 0.29) is 16.7 Å². The number of nitrogens with one attached hydrogen (secondary N) is 1. The van der Waals surface area contributed by atoms with Crippen LogP contribution in [0.3, 0.4) is 0 Å². The second-order valence-corrected chi connectivity index (χ2v) is 9.33. The molecule has 3 rings (SSSR count). The van der Waals surface area contributed by atoms with Crippen LogP contribution in [0.1, 0.15) is 34.3 Å². The maximum atomic E-state index is 13.0. The second kappa shape index (κ2) is 9.13. The van der Waals surface area contributed by atoms with Gasteiger partial charge in [0.25, 0.3) is 15.9 Å². The molecule has 0 spiro atoms. The summed E-state index contributed by atoms with van der Waals surface area (Å²) in [4.78, 5) is 12.7. The highest BCUT2D eigenvalue weighted by molar-refractivity contribution is 7.92. The molecule has 0 aliphatic heterocycles. The zero-order valence-electron chi connectivity index (χ0n) is 17.4. The summed E-state index contributed by atoms with van der Waals surface area (Å²) in [6.45, 7) is 4.44. The molecule has 0 aromatic heterocycles. The summed E-state index contributed by atoms with van der Waals surface area (Å²) in [5.41, 5.74) is 3.06. The van der Waals surface area contributed by atoms with E-state index in [0.717, 1.165) is 11.1 Å². The highest BCUT2D eigenvalue weighted by Crippen LogP contribution is 2.23. The smallest absolute Gasteiger partial charge is 0.264 e. The molecule has 30 heavy (non-hydrogen) atoms. The van der Waals surface area contributed by atoms with E-state index < -0.39 is 10.0 Å². The lowest BCUT2D eigenvalue weighted by atomic mass is 10.0. The molecule has 1 N–H and O–H groups in total. The van der Waals surface area contributed by atoms with E-state index >= 15 is 0 Å². The van der Waals surface area contributed by atoms with Crippen LogP contribution in [0.15, 0.2) is 83.8 Å². The lowest BCUT2D eigenvalue weighted by molar-refractivity contribution is 0.0951. The van der Waals surface area contributed by atoms with Gasteiger partial charge in [0.05, 0.1) is 10.6 Å². The number of aryl methyl sites for hydroxylation is 1. The SMILES string of the molecule is Cc1ccc(N(C)S(=O)(=O)c2cccc(C(=O)NC[C@H](C)c3ccccc3)c2)cc1. The summed E-state index contributed by atoms with van der Waals surface area (Å²) in [7, 11) is -2.27.